The van der Waals surface area contributed by atoms with E-state index in [-0.39, 0.29) is 10.0 Å². The number of nitriles is 1. The Bertz CT molecular complexity index is 1880. The molecule has 1 fully saturated rings. The summed E-state index contributed by atoms with van der Waals surface area (Å²) in [6, 6.07) is 12.2. The summed E-state index contributed by atoms with van der Waals surface area (Å²) in [5.74, 6) is 0.568. The fourth-order valence-electron chi connectivity index (χ4n) is 4.47. The summed E-state index contributed by atoms with van der Waals surface area (Å²) in [4.78, 5) is 15.2. The van der Waals surface area contributed by atoms with E-state index in [0.717, 1.165) is 5.69 Å². The second kappa shape index (κ2) is 9.81. The summed E-state index contributed by atoms with van der Waals surface area (Å²) in [5, 5.41) is 17.8. The first kappa shape index (κ1) is 26.1. The molecule has 5 aromatic rings. The number of rotatable bonds is 9. The van der Waals surface area contributed by atoms with Gasteiger partial charge < -0.3 is 4.90 Å². The highest BCUT2D eigenvalue weighted by Crippen LogP contribution is 2.39. The Hall–Kier alpha value is -4.13. The number of anilines is 1. The number of likely N-dealkylation sites (N-methyl/N-ethyl adjacent to an activating group) is 1. The smallest absolute Gasteiger partial charge is 0.291 e. The van der Waals surface area contributed by atoms with Crippen LogP contribution in [-0.4, -0.2) is 57.3 Å². The van der Waals surface area contributed by atoms with Gasteiger partial charge in [-0.3, -0.25) is 9.55 Å². The van der Waals surface area contributed by atoms with E-state index < -0.39 is 27.0 Å². The molecule has 1 aromatic carbocycles. The summed E-state index contributed by atoms with van der Waals surface area (Å²) in [5.41, 5.74) is 0.529. The molecular weight excluding hydrogens is 560 g/mol. The third-order valence-electron chi connectivity index (χ3n) is 6.70. The van der Waals surface area contributed by atoms with Gasteiger partial charge in [0.05, 0.1) is 21.9 Å². The molecule has 11 nitrogen and oxygen atoms in total. The standard InChI is InChI=1S/C25H21F2N9O2S2/c1-35(11-7-15-4-2-3-10-29-15)21-19-17-6-5-16(40(37,38)34-25(13-28)8-9-25)12-18(17)36(22(19)31-14-30-21)24-33-32-23(39-24)20(26)27/h2-6,10,12,14,20,34H,7-9,11H2,1H3. The molecule has 0 amide bonds. The summed E-state index contributed by atoms with van der Waals surface area (Å²) >= 11 is 0.687. The van der Waals surface area contributed by atoms with Crippen molar-refractivity contribution in [2.24, 2.45) is 0 Å². The first-order valence-electron chi connectivity index (χ1n) is 12.2. The number of halogens is 2. The van der Waals surface area contributed by atoms with E-state index in [1.807, 2.05) is 36.2 Å². The predicted molar refractivity (Wildman–Crippen MR) is 144 cm³/mol. The van der Waals surface area contributed by atoms with Gasteiger partial charge in [0.2, 0.25) is 15.2 Å². The lowest BCUT2D eigenvalue weighted by Gasteiger charge is -2.18. The van der Waals surface area contributed by atoms with Gasteiger partial charge in [-0.05, 0) is 37.1 Å². The summed E-state index contributed by atoms with van der Waals surface area (Å²) in [7, 11) is -2.19. The van der Waals surface area contributed by atoms with Gasteiger partial charge in [0.15, 0.2) is 10.7 Å². The maximum Gasteiger partial charge on any atom is 0.291 e. The molecule has 1 N–H and O–H groups in total. The monoisotopic (exact) mass is 581 g/mol. The highest BCUT2D eigenvalue weighted by molar-refractivity contribution is 7.89. The lowest BCUT2D eigenvalue weighted by atomic mass is 10.2. The number of nitrogens with one attached hydrogen (secondary N) is 1. The van der Waals surface area contributed by atoms with E-state index >= 15 is 0 Å². The second-order valence-corrected chi connectivity index (χ2v) is 12.1. The number of fused-ring (bicyclic) bond motifs is 3. The largest absolute Gasteiger partial charge is 0.359 e. The third-order valence-corrected chi connectivity index (χ3v) is 9.15. The SMILES string of the molecule is CN(CCc1ccccn1)c1ncnc2c1c1ccc(S(=O)(=O)NC3(C#N)CC3)cc1n2-c1nnc(C(F)F)s1. The van der Waals surface area contributed by atoms with E-state index in [1.54, 1.807) is 12.3 Å². The molecule has 1 saturated carbocycles. The van der Waals surface area contributed by atoms with Crippen LogP contribution in [0.3, 0.4) is 0 Å². The van der Waals surface area contributed by atoms with Gasteiger partial charge in [-0.2, -0.15) is 9.98 Å². The van der Waals surface area contributed by atoms with Crippen LogP contribution < -0.4 is 9.62 Å². The summed E-state index contributed by atoms with van der Waals surface area (Å²) < 4.78 is 57.2. The van der Waals surface area contributed by atoms with E-state index in [1.165, 1.54) is 23.0 Å². The van der Waals surface area contributed by atoms with Crippen LogP contribution in [0.25, 0.3) is 27.1 Å². The zero-order valence-electron chi connectivity index (χ0n) is 21.0. The van der Waals surface area contributed by atoms with Crippen molar-refractivity contribution in [2.45, 2.75) is 36.1 Å². The minimum Gasteiger partial charge on any atom is -0.359 e. The molecule has 0 spiro atoms. The van der Waals surface area contributed by atoms with Gasteiger partial charge in [0, 0.05) is 37.3 Å². The van der Waals surface area contributed by atoms with Crippen molar-refractivity contribution in [3.63, 3.8) is 0 Å². The van der Waals surface area contributed by atoms with Crippen molar-refractivity contribution in [2.75, 3.05) is 18.5 Å². The maximum absolute atomic E-state index is 13.4. The molecule has 0 bridgehead atoms. The highest BCUT2D eigenvalue weighted by atomic mass is 32.2. The summed E-state index contributed by atoms with van der Waals surface area (Å²) in [6.07, 6.45) is 1.77. The molecule has 1 aliphatic rings. The number of hydrogen-bond acceptors (Lipinski definition) is 10. The number of hydrogen-bond donors (Lipinski definition) is 1. The molecule has 15 heteroatoms. The molecule has 0 aliphatic heterocycles. The Labute approximate surface area is 231 Å². The highest BCUT2D eigenvalue weighted by Gasteiger charge is 2.46. The number of aromatic nitrogens is 6. The van der Waals surface area contributed by atoms with Gasteiger partial charge in [-0.1, -0.05) is 23.5 Å². The Morgan fingerprint density at radius 1 is 1.20 bits per heavy atom. The molecule has 204 valence electrons. The number of alkyl halides is 2. The van der Waals surface area contributed by atoms with Crippen LogP contribution in [0.15, 0.2) is 53.8 Å². The van der Waals surface area contributed by atoms with Gasteiger partial charge in [0.1, 0.15) is 17.7 Å². The third kappa shape index (κ3) is 4.63. The van der Waals surface area contributed by atoms with Crippen LogP contribution >= 0.6 is 11.3 Å². The molecule has 6 rings (SSSR count). The molecule has 4 aromatic heterocycles. The van der Waals surface area contributed by atoms with Crippen LogP contribution in [0.5, 0.6) is 0 Å². The Morgan fingerprint density at radius 3 is 2.70 bits per heavy atom. The lowest BCUT2D eigenvalue weighted by Crippen LogP contribution is -2.35. The Kier molecular flexibility index (Phi) is 6.40. The van der Waals surface area contributed by atoms with Gasteiger partial charge in [0.25, 0.3) is 6.43 Å². The van der Waals surface area contributed by atoms with Crippen LogP contribution in [0.2, 0.25) is 0 Å². The van der Waals surface area contributed by atoms with Gasteiger partial charge >= 0.3 is 0 Å². The molecule has 40 heavy (non-hydrogen) atoms. The van der Waals surface area contributed by atoms with Crippen molar-refractivity contribution < 1.29 is 17.2 Å². The zero-order valence-corrected chi connectivity index (χ0v) is 22.6. The number of pyridine rings is 1. The molecule has 0 unspecified atom stereocenters. The quantitative estimate of drug-likeness (QED) is 0.275. The fraction of sp³-hybridized carbons (Fsp3) is 0.280. The van der Waals surface area contributed by atoms with Crippen LogP contribution in [-0.2, 0) is 16.4 Å². The average Bonchev–Trinajstić information content (AvgIpc) is 3.39. The van der Waals surface area contributed by atoms with E-state index in [0.29, 0.717) is 64.9 Å². The normalized spacial score (nSPS) is 14.6. The first-order chi connectivity index (χ1) is 19.2. The van der Waals surface area contributed by atoms with Gasteiger partial charge in [-0.25, -0.2) is 27.2 Å². The van der Waals surface area contributed by atoms with E-state index in [4.69, 9.17) is 0 Å². The van der Waals surface area contributed by atoms with Crippen molar-refractivity contribution in [3.8, 4) is 11.2 Å². The van der Waals surface area contributed by atoms with Crippen molar-refractivity contribution >= 4 is 49.1 Å². The minimum atomic E-state index is -4.06. The first-order valence-corrected chi connectivity index (χ1v) is 14.5. The number of benzene rings is 1. The molecular formula is C25H21F2N9O2S2. The van der Waals surface area contributed by atoms with E-state index in [2.05, 4.69) is 29.9 Å². The van der Waals surface area contributed by atoms with Crippen molar-refractivity contribution in [3.05, 3.63) is 59.6 Å². The predicted octanol–water partition coefficient (Wildman–Crippen LogP) is 3.77. The Balaban J connectivity index is 1.51. The van der Waals surface area contributed by atoms with Gasteiger partial charge in [-0.15, -0.1) is 10.2 Å². The molecule has 4 heterocycles. The molecule has 0 radical (unpaired) electrons. The average molecular weight is 582 g/mol. The lowest BCUT2D eigenvalue weighted by molar-refractivity contribution is 0.150. The molecule has 1 aliphatic carbocycles. The van der Waals surface area contributed by atoms with Crippen LogP contribution in [0.1, 0.15) is 30.0 Å². The van der Waals surface area contributed by atoms with Crippen LogP contribution in [0, 0.1) is 11.3 Å². The Morgan fingerprint density at radius 2 is 2.02 bits per heavy atom. The minimum absolute atomic E-state index is 0.0813. The molecule has 0 atom stereocenters. The number of sulfonamides is 1. The van der Waals surface area contributed by atoms with Crippen LogP contribution in [0.4, 0.5) is 14.6 Å². The summed E-state index contributed by atoms with van der Waals surface area (Å²) in [6.45, 7) is 0.566. The zero-order chi connectivity index (χ0) is 28.1. The maximum atomic E-state index is 13.4. The topological polar surface area (TPSA) is 143 Å². The van der Waals surface area contributed by atoms with Crippen molar-refractivity contribution in [1.82, 2.24) is 34.4 Å². The molecule has 0 saturated heterocycles. The number of nitrogens with zero attached hydrogens (tertiary/aromatic N) is 8. The van der Waals surface area contributed by atoms with E-state index in [9.17, 15) is 22.5 Å². The fourth-order valence-corrected chi connectivity index (χ4v) is 6.58. The van der Waals surface area contributed by atoms with Crippen molar-refractivity contribution in [1.29, 1.82) is 5.26 Å². The second-order valence-electron chi connectivity index (χ2n) is 9.43.